The number of rotatable bonds is 5. The Morgan fingerprint density at radius 1 is 1.22 bits per heavy atom. The molecule has 5 nitrogen and oxygen atoms in total. The molecule has 104 valence electrons. The molecule has 0 bridgehead atoms. The number of carbonyl (C=O) groups excluding carboxylic acids is 2. The van der Waals surface area contributed by atoms with Crippen LogP contribution in [-0.4, -0.2) is 37.5 Å². The molecule has 0 aromatic carbocycles. The fourth-order valence-corrected chi connectivity index (χ4v) is 1.92. The van der Waals surface area contributed by atoms with Crippen molar-refractivity contribution < 1.29 is 9.59 Å². The van der Waals surface area contributed by atoms with Crippen molar-refractivity contribution in [2.24, 2.45) is 5.92 Å². The molecule has 1 rings (SSSR count). The van der Waals surface area contributed by atoms with Crippen molar-refractivity contribution in [2.75, 3.05) is 19.6 Å². The Balaban J connectivity index is 2.20. The smallest absolute Gasteiger partial charge is 0.239 e. The zero-order valence-electron chi connectivity index (χ0n) is 11.4. The van der Waals surface area contributed by atoms with Crippen molar-refractivity contribution in [1.82, 2.24) is 16.0 Å². The lowest BCUT2D eigenvalue weighted by Crippen LogP contribution is -2.47. The summed E-state index contributed by atoms with van der Waals surface area (Å²) in [7, 11) is 0. The number of nitrogens with one attached hydrogen (secondary N) is 3. The zero-order chi connectivity index (χ0) is 13.4. The lowest BCUT2D eigenvalue weighted by molar-refractivity contribution is -0.127. The highest BCUT2D eigenvalue weighted by Crippen LogP contribution is 2.08. The molecule has 1 saturated heterocycles. The summed E-state index contributed by atoms with van der Waals surface area (Å²) in [6, 6.07) is -0.134. The Morgan fingerprint density at radius 3 is 2.72 bits per heavy atom. The minimum atomic E-state index is -0.134. The maximum Gasteiger partial charge on any atom is 0.239 e. The summed E-state index contributed by atoms with van der Waals surface area (Å²) < 4.78 is 0. The van der Waals surface area contributed by atoms with Gasteiger partial charge in [-0.2, -0.15) is 0 Å². The summed E-state index contributed by atoms with van der Waals surface area (Å²) >= 11 is 0. The average molecular weight is 255 g/mol. The highest BCUT2D eigenvalue weighted by Gasteiger charge is 2.19. The molecule has 1 aliphatic heterocycles. The van der Waals surface area contributed by atoms with E-state index in [1.165, 1.54) is 6.42 Å². The summed E-state index contributed by atoms with van der Waals surface area (Å²) in [5.41, 5.74) is 0. The molecule has 2 amide bonds. The van der Waals surface area contributed by atoms with E-state index in [0.29, 0.717) is 12.5 Å². The van der Waals surface area contributed by atoms with E-state index in [2.05, 4.69) is 16.0 Å². The molecular formula is C13H25N3O2. The lowest BCUT2D eigenvalue weighted by Gasteiger charge is -2.15. The third-order valence-corrected chi connectivity index (χ3v) is 3.01. The monoisotopic (exact) mass is 255 g/mol. The summed E-state index contributed by atoms with van der Waals surface area (Å²) in [6.45, 7) is 5.68. The van der Waals surface area contributed by atoms with Crippen LogP contribution in [0.1, 0.15) is 39.5 Å². The maximum atomic E-state index is 11.8. The van der Waals surface area contributed by atoms with E-state index in [-0.39, 0.29) is 24.4 Å². The average Bonchev–Trinajstić information content (AvgIpc) is 2.62. The Bertz CT molecular complexity index is 271. The first-order valence-electron chi connectivity index (χ1n) is 6.87. The molecule has 0 aromatic rings. The second kappa shape index (κ2) is 8.08. The molecule has 0 saturated carbocycles. The molecule has 3 N–H and O–H groups in total. The molecule has 0 radical (unpaired) electrons. The zero-order valence-corrected chi connectivity index (χ0v) is 11.4. The van der Waals surface area contributed by atoms with E-state index in [1.54, 1.807) is 0 Å². The predicted octanol–water partition coefficient (Wildman–Crippen LogP) is 0.407. The number of amides is 2. The largest absolute Gasteiger partial charge is 0.354 e. The maximum absolute atomic E-state index is 11.8. The number of hydrogen-bond acceptors (Lipinski definition) is 3. The van der Waals surface area contributed by atoms with Crippen molar-refractivity contribution >= 4 is 11.8 Å². The fourth-order valence-electron chi connectivity index (χ4n) is 1.92. The van der Waals surface area contributed by atoms with Gasteiger partial charge in [0.2, 0.25) is 11.8 Å². The molecular weight excluding hydrogens is 230 g/mol. The molecule has 0 spiro atoms. The van der Waals surface area contributed by atoms with Crippen LogP contribution < -0.4 is 16.0 Å². The van der Waals surface area contributed by atoms with Gasteiger partial charge in [0, 0.05) is 6.54 Å². The Labute approximate surface area is 109 Å². The van der Waals surface area contributed by atoms with Gasteiger partial charge in [-0.3, -0.25) is 9.59 Å². The van der Waals surface area contributed by atoms with Gasteiger partial charge in [-0.1, -0.05) is 26.7 Å². The molecule has 1 fully saturated rings. The van der Waals surface area contributed by atoms with Crippen molar-refractivity contribution in [2.45, 2.75) is 45.6 Å². The van der Waals surface area contributed by atoms with Gasteiger partial charge in [0.25, 0.3) is 0 Å². The summed E-state index contributed by atoms with van der Waals surface area (Å²) in [5, 5.41) is 8.68. The van der Waals surface area contributed by atoms with E-state index < -0.39 is 0 Å². The quantitative estimate of drug-likeness (QED) is 0.666. The highest BCUT2D eigenvalue weighted by molar-refractivity contribution is 5.87. The van der Waals surface area contributed by atoms with E-state index in [9.17, 15) is 9.59 Å². The van der Waals surface area contributed by atoms with Crippen molar-refractivity contribution in [3.63, 3.8) is 0 Å². The van der Waals surface area contributed by atoms with Crippen LogP contribution in [0.2, 0.25) is 0 Å². The molecule has 0 aliphatic carbocycles. The Kier molecular flexibility index (Phi) is 6.72. The fraction of sp³-hybridized carbons (Fsp3) is 0.846. The first-order chi connectivity index (χ1) is 8.59. The molecule has 1 unspecified atom stereocenters. The third kappa shape index (κ3) is 6.00. The van der Waals surface area contributed by atoms with E-state index in [1.807, 2.05) is 13.8 Å². The second-order valence-electron chi connectivity index (χ2n) is 5.27. The van der Waals surface area contributed by atoms with Gasteiger partial charge in [-0.05, 0) is 25.3 Å². The van der Waals surface area contributed by atoms with Crippen LogP contribution in [0, 0.1) is 5.92 Å². The van der Waals surface area contributed by atoms with Crippen LogP contribution in [0.3, 0.4) is 0 Å². The van der Waals surface area contributed by atoms with Gasteiger partial charge in [-0.15, -0.1) is 0 Å². The van der Waals surface area contributed by atoms with Gasteiger partial charge in [0.05, 0.1) is 12.6 Å². The van der Waals surface area contributed by atoms with E-state index in [4.69, 9.17) is 0 Å². The van der Waals surface area contributed by atoms with Crippen LogP contribution in [0.5, 0.6) is 0 Å². The van der Waals surface area contributed by atoms with Gasteiger partial charge < -0.3 is 16.0 Å². The normalized spacial score (nSPS) is 20.3. The number of hydrogen-bond donors (Lipinski definition) is 3. The second-order valence-corrected chi connectivity index (χ2v) is 5.27. The van der Waals surface area contributed by atoms with Gasteiger partial charge in [0.1, 0.15) is 0 Å². The summed E-state index contributed by atoms with van der Waals surface area (Å²) in [4.78, 5) is 23.3. The molecule has 18 heavy (non-hydrogen) atoms. The van der Waals surface area contributed by atoms with Crippen LogP contribution in [-0.2, 0) is 9.59 Å². The van der Waals surface area contributed by atoms with Crippen molar-refractivity contribution in [1.29, 1.82) is 0 Å². The molecule has 0 aromatic heterocycles. The predicted molar refractivity (Wildman–Crippen MR) is 71.1 cm³/mol. The van der Waals surface area contributed by atoms with Crippen LogP contribution >= 0.6 is 0 Å². The standard InChI is InChI=1S/C13H25N3O2/c1-10(2)8-15-12(17)9-16-13(18)11-6-4-3-5-7-14-11/h10-11,14H,3-9H2,1-2H3,(H,15,17)(H,16,18). The van der Waals surface area contributed by atoms with Crippen molar-refractivity contribution in [3.05, 3.63) is 0 Å². The molecule has 1 heterocycles. The minimum Gasteiger partial charge on any atom is -0.354 e. The van der Waals surface area contributed by atoms with Crippen molar-refractivity contribution in [3.8, 4) is 0 Å². The van der Waals surface area contributed by atoms with Crippen LogP contribution in [0.4, 0.5) is 0 Å². The van der Waals surface area contributed by atoms with Crippen LogP contribution in [0.15, 0.2) is 0 Å². The lowest BCUT2D eigenvalue weighted by atomic mass is 10.1. The minimum absolute atomic E-state index is 0.0587. The van der Waals surface area contributed by atoms with Gasteiger partial charge in [0.15, 0.2) is 0 Å². The SMILES string of the molecule is CC(C)CNC(=O)CNC(=O)C1CCCCCN1. The first-order valence-corrected chi connectivity index (χ1v) is 6.87. The van der Waals surface area contributed by atoms with E-state index in [0.717, 1.165) is 25.8 Å². The number of carbonyl (C=O) groups is 2. The van der Waals surface area contributed by atoms with Gasteiger partial charge in [-0.25, -0.2) is 0 Å². The first kappa shape index (κ1) is 15.0. The highest BCUT2D eigenvalue weighted by atomic mass is 16.2. The molecule has 1 atom stereocenters. The summed E-state index contributed by atoms with van der Waals surface area (Å²) in [5.74, 6) is 0.246. The molecule has 1 aliphatic rings. The summed E-state index contributed by atoms with van der Waals surface area (Å²) in [6.07, 6.45) is 4.23. The Hall–Kier alpha value is -1.10. The topological polar surface area (TPSA) is 70.2 Å². The molecule has 5 heteroatoms. The van der Waals surface area contributed by atoms with E-state index >= 15 is 0 Å². The third-order valence-electron chi connectivity index (χ3n) is 3.01. The van der Waals surface area contributed by atoms with Gasteiger partial charge >= 0.3 is 0 Å². The Morgan fingerprint density at radius 2 is 2.00 bits per heavy atom. The van der Waals surface area contributed by atoms with Crippen LogP contribution in [0.25, 0.3) is 0 Å².